The van der Waals surface area contributed by atoms with Crippen LogP contribution in [0.3, 0.4) is 0 Å². The molecule has 0 saturated heterocycles. The van der Waals surface area contributed by atoms with Crippen molar-refractivity contribution in [2.45, 2.75) is 44.8 Å². The molecule has 0 aliphatic heterocycles. The standard InChI is InChI=1S/C32H33Cl2N3O7Si/c1-18(45(4,5)6)44-30(40)20-12-15-26-22(17-20)29(39)37(32(42)36(26)2)21-13-10-19(11-14-21)16-25(31(41)43-3)35-28(38)27-23(33)8-7-9-24(27)34/h7-15,17-18,25H,16H2,1-6H3,(H,35,38)/t18?,25-/m0/s1. The van der Waals surface area contributed by atoms with Gasteiger partial charge in [0.25, 0.3) is 11.5 Å². The topological polar surface area (TPSA) is 126 Å². The van der Waals surface area contributed by atoms with Crippen LogP contribution in [0.4, 0.5) is 0 Å². The highest BCUT2D eigenvalue weighted by atomic mass is 35.5. The van der Waals surface area contributed by atoms with E-state index in [1.54, 1.807) is 36.4 Å². The lowest BCUT2D eigenvalue weighted by molar-refractivity contribution is -0.142. The van der Waals surface area contributed by atoms with E-state index >= 15 is 0 Å². The Morgan fingerprint density at radius 2 is 1.58 bits per heavy atom. The van der Waals surface area contributed by atoms with Crippen LogP contribution in [-0.2, 0) is 27.7 Å². The van der Waals surface area contributed by atoms with E-state index in [1.165, 1.54) is 43.0 Å². The van der Waals surface area contributed by atoms with Crippen LogP contribution in [0.2, 0.25) is 29.7 Å². The number of nitrogens with zero attached hydrogens (tertiary/aromatic N) is 2. The summed E-state index contributed by atoms with van der Waals surface area (Å²) in [5.41, 5.74) is 0.0436. The van der Waals surface area contributed by atoms with Crippen LogP contribution in [0.1, 0.15) is 33.2 Å². The molecule has 0 aliphatic carbocycles. The number of carbonyl (C=O) groups excluding carboxylic acids is 3. The van der Waals surface area contributed by atoms with Crippen LogP contribution < -0.4 is 16.6 Å². The molecule has 13 heteroatoms. The van der Waals surface area contributed by atoms with E-state index in [2.05, 4.69) is 25.0 Å². The SMILES string of the molecule is COC(=O)[C@H](Cc1ccc(-n2c(=O)c3cc(C(=O)OC(C)[Si](C)(C)C)ccc3n(C)c2=O)cc1)NC(=O)c1c(Cl)cccc1Cl. The molecule has 1 aromatic heterocycles. The number of hydrogen-bond donors (Lipinski definition) is 1. The highest BCUT2D eigenvalue weighted by Crippen LogP contribution is 2.24. The maximum Gasteiger partial charge on any atom is 0.338 e. The van der Waals surface area contributed by atoms with Crippen LogP contribution in [0, 0.1) is 0 Å². The first-order valence-corrected chi connectivity index (χ1v) is 18.4. The molecule has 236 valence electrons. The van der Waals surface area contributed by atoms with Crippen molar-refractivity contribution in [1.82, 2.24) is 14.5 Å². The molecule has 0 fully saturated rings. The van der Waals surface area contributed by atoms with Gasteiger partial charge in [-0.15, -0.1) is 0 Å². The molecule has 1 amide bonds. The Labute approximate surface area is 270 Å². The first kappa shape index (κ1) is 33.7. The molecule has 10 nitrogen and oxygen atoms in total. The predicted molar refractivity (Wildman–Crippen MR) is 176 cm³/mol. The second-order valence-corrected chi connectivity index (χ2v) is 18.0. The molecular formula is C32H33Cl2N3O7Si. The summed E-state index contributed by atoms with van der Waals surface area (Å²) in [6, 6.07) is 14.4. The number of halogens is 2. The molecule has 0 aliphatic rings. The van der Waals surface area contributed by atoms with Gasteiger partial charge in [0.15, 0.2) is 0 Å². The summed E-state index contributed by atoms with van der Waals surface area (Å²) in [5, 5.41) is 3.03. The van der Waals surface area contributed by atoms with Gasteiger partial charge in [-0.05, 0) is 55.0 Å². The van der Waals surface area contributed by atoms with Gasteiger partial charge in [0.1, 0.15) is 6.04 Å². The zero-order valence-corrected chi connectivity index (χ0v) is 28.2. The Hall–Kier alpha value is -4.19. The minimum absolute atomic E-state index is 0.0265. The van der Waals surface area contributed by atoms with Crippen molar-refractivity contribution >= 4 is 60.0 Å². The molecule has 0 saturated carbocycles. The van der Waals surface area contributed by atoms with Crippen molar-refractivity contribution in [1.29, 1.82) is 0 Å². The molecule has 4 rings (SSSR count). The summed E-state index contributed by atoms with van der Waals surface area (Å²) in [5.74, 6) is -1.88. The molecule has 45 heavy (non-hydrogen) atoms. The monoisotopic (exact) mass is 669 g/mol. The van der Waals surface area contributed by atoms with E-state index in [-0.39, 0.29) is 44.4 Å². The number of ether oxygens (including phenoxy) is 2. The minimum atomic E-state index is -1.75. The molecule has 1 unspecified atom stereocenters. The molecule has 1 heterocycles. The smallest absolute Gasteiger partial charge is 0.338 e. The van der Waals surface area contributed by atoms with Gasteiger partial charge in [-0.2, -0.15) is 0 Å². The number of aryl methyl sites for hydroxylation is 1. The fourth-order valence-electron chi connectivity index (χ4n) is 4.52. The fourth-order valence-corrected chi connectivity index (χ4v) is 5.55. The number of hydrogen-bond acceptors (Lipinski definition) is 7. The van der Waals surface area contributed by atoms with Crippen molar-refractivity contribution in [2.75, 3.05) is 7.11 Å². The molecular weight excluding hydrogens is 637 g/mol. The van der Waals surface area contributed by atoms with Crippen LogP contribution in [0.25, 0.3) is 16.6 Å². The third kappa shape index (κ3) is 7.21. The lowest BCUT2D eigenvalue weighted by Gasteiger charge is -2.25. The van der Waals surface area contributed by atoms with Gasteiger partial charge in [0, 0.05) is 13.5 Å². The van der Waals surface area contributed by atoms with E-state index in [0.29, 0.717) is 11.1 Å². The van der Waals surface area contributed by atoms with Gasteiger partial charge >= 0.3 is 17.6 Å². The average molecular weight is 671 g/mol. The number of amides is 1. The number of rotatable bonds is 9. The van der Waals surface area contributed by atoms with E-state index < -0.39 is 43.2 Å². The van der Waals surface area contributed by atoms with Crippen LogP contribution in [-0.4, -0.2) is 53.9 Å². The highest BCUT2D eigenvalue weighted by molar-refractivity contribution is 6.77. The molecule has 3 aromatic carbocycles. The molecule has 4 aromatic rings. The van der Waals surface area contributed by atoms with Crippen molar-refractivity contribution < 1.29 is 23.9 Å². The van der Waals surface area contributed by atoms with Crippen LogP contribution in [0.15, 0.2) is 70.3 Å². The Morgan fingerprint density at radius 3 is 2.16 bits per heavy atom. The lowest BCUT2D eigenvalue weighted by atomic mass is 10.0. The number of benzene rings is 3. The Balaban J connectivity index is 1.65. The number of fused-ring (bicyclic) bond motifs is 1. The lowest BCUT2D eigenvalue weighted by Crippen LogP contribution is -2.43. The molecule has 0 bridgehead atoms. The summed E-state index contributed by atoms with van der Waals surface area (Å²) < 4.78 is 12.9. The Kier molecular flexibility index (Phi) is 10.1. The molecule has 1 N–H and O–H groups in total. The van der Waals surface area contributed by atoms with Crippen LogP contribution in [0.5, 0.6) is 0 Å². The fraction of sp³-hybridized carbons (Fsp3) is 0.281. The first-order chi connectivity index (χ1) is 21.1. The molecule has 2 atom stereocenters. The Bertz CT molecular complexity index is 1890. The van der Waals surface area contributed by atoms with Gasteiger partial charge in [-0.25, -0.2) is 19.0 Å². The van der Waals surface area contributed by atoms with E-state index in [9.17, 15) is 24.0 Å². The predicted octanol–water partition coefficient (Wildman–Crippen LogP) is 4.93. The van der Waals surface area contributed by atoms with Crippen molar-refractivity contribution in [3.8, 4) is 5.69 Å². The largest absolute Gasteiger partial charge is 0.467 e. The maximum atomic E-state index is 13.6. The highest BCUT2D eigenvalue weighted by Gasteiger charge is 2.27. The van der Waals surface area contributed by atoms with Crippen LogP contribution >= 0.6 is 23.2 Å². The normalized spacial score (nSPS) is 12.8. The second kappa shape index (κ2) is 13.4. The van der Waals surface area contributed by atoms with Gasteiger partial charge < -0.3 is 14.8 Å². The zero-order valence-electron chi connectivity index (χ0n) is 25.6. The third-order valence-electron chi connectivity index (χ3n) is 7.62. The number of aromatic nitrogens is 2. The summed E-state index contributed by atoms with van der Waals surface area (Å²) in [6.07, 6.45) is 0.0344. The molecule has 0 spiro atoms. The van der Waals surface area contributed by atoms with Crippen molar-refractivity contribution in [2.24, 2.45) is 7.05 Å². The minimum Gasteiger partial charge on any atom is -0.467 e. The summed E-state index contributed by atoms with van der Waals surface area (Å²) >= 11 is 12.3. The summed E-state index contributed by atoms with van der Waals surface area (Å²) in [7, 11) is 0.984. The van der Waals surface area contributed by atoms with Gasteiger partial charge in [-0.1, -0.05) is 61.0 Å². The summed E-state index contributed by atoms with van der Waals surface area (Å²) in [4.78, 5) is 65.3. The van der Waals surface area contributed by atoms with Gasteiger partial charge in [0.05, 0.1) is 58.7 Å². The van der Waals surface area contributed by atoms with Gasteiger partial charge in [0.2, 0.25) is 0 Å². The van der Waals surface area contributed by atoms with E-state index in [1.807, 2.05) is 6.92 Å². The third-order valence-corrected chi connectivity index (χ3v) is 10.8. The number of esters is 2. The van der Waals surface area contributed by atoms with Crippen molar-refractivity contribution in [3.05, 3.63) is 108 Å². The first-order valence-electron chi connectivity index (χ1n) is 14.0. The molecule has 0 radical (unpaired) electrons. The summed E-state index contributed by atoms with van der Waals surface area (Å²) in [6.45, 7) is 8.13. The number of methoxy groups -OCH3 is 1. The van der Waals surface area contributed by atoms with E-state index in [4.69, 9.17) is 32.7 Å². The average Bonchev–Trinajstić information content (AvgIpc) is 2.99. The number of nitrogens with one attached hydrogen (secondary N) is 1. The van der Waals surface area contributed by atoms with E-state index in [0.717, 1.165) is 4.57 Å². The quantitative estimate of drug-likeness (QED) is 0.198. The Morgan fingerprint density at radius 1 is 0.956 bits per heavy atom. The second-order valence-electron chi connectivity index (χ2n) is 11.6. The maximum absolute atomic E-state index is 13.6. The zero-order chi connectivity index (χ0) is 33.2. The van der Waals surface area contributed by atoms with Crippen molar-refractivity contribution in [3.63, 3.8) is 0 Å². The van der Waals surface area contributed by atoms with Gasteiger partial charge in [-0.3, -0.25) is 14.2 Å². The number of carbonyl (C=O) groups is 3.